The Morgan fingerprint density at radius 1 is 0.932 bits per heavy atom. The monoisotopic (exact) mass is 612 g/mol. The van der Waals surface area contributed by atoms with E-state index < -0.39 is 17.2 Å². The van der Waals surface area contributed by atoms with Crippen LogP contribution in [-0.4, -0.2) is 49.1 Å². The maximum Gasteiger partial charge on any atom is 0.416 e. The van der Waals surface area contributed by atoms with Crippen LogP contribution in [0.15, 0.2) is 72.8 Å². The number of benzene rings is 3. The quantitative estimate of drug-likeness (QED) is 0.168. The zero-order valence-corrected chi connectivity index (χ0v) is 25.3. The fourth-order valence-corrected chi connectivity index (χ4v) is 5.80. The molecule has 0 aromatic heterocycles. The molecule has 5 nitrogen and oxygen atoms in total. The van der Waals surface area contributed by atoms with Gasteiger partial charge in [0.1, 0.15) is 5.82 Å². The average Bonchev–Trinajstić information content (AvgIpc) is 3.01. The highest BCUT2D eigenvalue weighted by atomic mass is 19.4. The number of piperidine rings is 1. The molecule has 3 aromatic rings. The smallest absolute Gasteiger partial charge is 0.416 e. The van der Waals surface area contributed by atoms with Gasteiger partial charge in [0.25, 0.3) is 5.91 Å². The Bertz CT molecular complexity index is 1380. The summed E-state index contributed by atoms with van der Waals surface area (Å²) < 4.78 is 58.0. The first-order chi connectivity index (χ1) is 21.0. The molecule has 3 aromatic carbocycles. The topological polar surface area (TPSA) is 58.6 Å². The van der Waals surface area contributed by atoms with Gasteiger partial charge in [-0.3, -0.25) is 9.59 Å². The van der Waals surface area contributed by atoms with E-state index in [2.05, 4.69) is 10.2 Å². The second-order valence-electron chi connectivity index (χ2n) is 11.8. The lowest BCUT2D eigenvalue weighted by atomic mass is 9.75. The van der Waals surface area contributed by atoms with Crippen LogP contribution in [0.5, 0.6) is 0 Å². The number of nitrogens with zero attached hydrogens (tertiary/aromatic N) is 1. The molecule has 1 aliphatic heterocycles. The standard InChI is InChI=1S/C35H40F4N2O3/c1-3-23-44-32(42)24-34(2,26-13-15-28(36)16-14-26)19-6-20-41-21-17-29(18-22-41)40-33(43)31-8-5-4-7-30(31)25-9-11-27(12-10-25)35(37,38)39/h4-5,7-16,29H,3,6,17-24H2,1-2H3,(H,40,43). The first-order valence-electron chi connectivity index (χ1n) is 15.2. The maximum atomic E-state index is 13.6. The van der Waals surface area contributed by atoms with E-state index in [1.165, 1.54) is 24.3 Å². The van der Waals surface area contributed by atoms with Crippen LogP contribution in [0.4, 0.5) is 17.6 Å². The van der Waals surface area contributed by atoms with Gasteiger partial charge < -0.3 is 15.0 Å². The minimum absolute atomic E-state index is 0.0165. The molecule has 0 bridgehead atoms. The summed E-state index contributed by atoms with van der Waals surface area (Å²) in [6.45, 7) is 6.79. The van der Waals surface area contributed by atoms with Gasteiger partial charge in [0.05, 0.1) is 18.6 Å². The van der Waals surface area contributed by atoms with E-state index in [1.54, 1.807) is 36.4 Å². The lowest BCUT2D eigenvalue weighted by Gasteiger charge is -2.34. The Morgan fingerprint density at radius 2 is 1.57 bits per heavy atom. The molecule has 1 aliphatic rings. The molecule has 1 amide bonds. The second-order valence-corrected chi connectivity index (χ2v) is 11.8. The summed E-state index contributed by atoms with van der Waals surface area (Å²) in [5.74, 6) is -0.818. The molecule has 0 spiro atoms. The minimum atomic E-state index is -4.42. The van der Waals surface area contributed by atoms with Crippen molar-refractivity contribution in [1.82, 2.24) is 10.2 Å². The van der Waals surface area contributed by atoms with Crippen LogP contribution in [0.25, 0.3) is 11.1 Å². The second kappa shape index (κ2) is 14.8. The van der Waals surface area contributed by atoms with Gasteiger partial charge in [0, 0.05) is 30.1 Å². The Morgan fingerprint density at radius 3 is 2.20 bits per heavy atom. The molecule has 236 valence electrons. The van der Waals surface area contributed by atoms with Crippen LogP contribution < -0.4 is 5.32 Å². The van der Waals surface area contributed by atoms with E-state index in [0.29, 0.717) is 23.3 Å². The molecule has 0 saturated carbocycles. The number of nitrogens with one attached hydrogen (secondary N) is 1. The number of likely N-dealkylation sites (tertiary alicyclic amines) is 1. The van der Waals surface area contributed by atoms with E-state index in [9.17, 15) is 27.2 Å². The Labute approximate surface area is 256 Å². The van der Waals surface area contributed by atoms with E-state index in [0.717, 1.165) is 69.4 Å². The molecule has 44 heavy (non-hydrogen) atoms. The van der Waals surface area contributed by atoms with Gasteiger partial charge in [-0.25, -0.2) is 4.39 Å². The molecule has 1 N–H and O–H groups in total. The Kier molecular flexibility index (Phi) is 11.2. The number of carbonyl (C=O) groups excluding carboxylic acids is 2. The average molecular weight is 613 g/mol. The van der Waals surface area contributed by atoms with Gasteiger partial charge in [-0.2, -0.15) is 13.2 Å². The van der Waals surface area contributed by atoms with Crippen molar-refractivity contribution in [3.63, 3.8) is 0 Å². The van der Waals surface area contributed by atoms with Crippen LogP contribution in [0.2, 0.25) is 0 Å². The normalized spacial score (nSPS) is 15.9. The van der Waals surface area contributed by atoms with Gasteiger partial charge >= 0.3 is 12.1 Å². The fraction of sp³-hybridized carbons (Fsp3) is 0.429. The summed E-state index contributed by atoms with van der Waals surface area (Å²) in [5.41, 5.74) is 1.25. The Hall–Kier alpha value is -3.72. The maximum absolute atomic E-state index is 13.6. The largest absolute Gasteiger partial charge is 0.466 e. The third kappa shape index (κ3) is 8.91. The van der Waals surface area contributed by atoms with E-state index in [1.807, 2.05) is 13.8 Å². The van der Waals surface area contributed by atoms with Crippen molar-refractivity contribution in [3.8, 4) is 11.1 Å². The number of alkyl halides is 3. The zero-order chi connectivity index (χ0) is 31.7. The van der Waals surface area contributed by atoms with Crippen molar-refractivity contribution >= 4 is 11.9 Å². The summed E-state index contributed by atoms with van der Waals surface area (Å²) in [7, 11) is 0. The van der Waals surface area contributed by atoms with Crippen LogP contribution >= 0.6 is 0 Å². The van der Waals surface area contributed by atoms with E-state index in [4.69, 9.17) is 4.74 Å². The molecule has 4 rings (SSSR count). The number of halogens is 4. The molecular weight excluding hydrogens is 572 g/mol. The summed E-state index contributed by atoms with van der Waals surface area (Å²) in [6.07, 6.45) is -0.334. The summed E-state index contributed by atoms with van der Waals surface area (Å²) in [6, 6.07) is 18.1. The molecule has 9 heteroatoms. The first kappa shape index (κ1) is 33.2. The van der Waals surface area contributed by atoms with Crippen molar-refractivity contribution in [2.24, 2.45) is 0 Å². The summed E-state index contributed by atoms with van der Waals surface area (Å²) >= 11 is 0. The number of ether oxygens (including phenoxy) is 1. The third-order valence-electron chi connectivity index (χ3n) is 8.36. The number of amides is 1. The first-order valence-corrected chi connectivity index (χ1v) is 15.2. The van der Waals surface area contributed by atoms with Crippen molar-refractivity contribution in [1.29, 1.82) is 0 Å². The minimum Gasteiger partial charge on any atom is -0.466 e. The highest BCUT2D eigenvalue weighted by Crippen LogP contribution is 2.34. The molecule has 1 unspecified atom stereocenters. The van der Waals surface area contributed by atoms with Gasteiger partial charge in [0.2, 0.25) is 0 Å². The van der Waals surface area contributed by atoms with Crippen molar-refractivity contribution in [2.45, 2.75) is 70.0 Å². The highest BCUT2D eigenvalue weighted by molar-refractivity contribution is 6.01. The highest BCUT2D eigenvalue weighted by Gasteiger charge is 2.32. The van der Waals surface area contributed by atoms with Crippen LogP contribution in [-0.2, 0) is 21.1 Å². The van der Waals surface area contributed by atoms with Gasteiger partial charge in [-0.15, -0.1) is 0 Å². The lowest BCUT2D eigenvalue weighted by Crippen LogP contribution is -2.45. The van der Waals surface area contributed by atoms with E-state index in [-0.39, 0.29) is 30.2 Å². The summed E-state index contributed by atoms with van der Waals surface area (Å²) in [4.78, 5) is 28.1. The molecule has 1 fully saturated rings. The molecule has 0 radical (unpaired) electrons. The van der Waals surface area contributed by atoms with Crippen LogP contribution in [0.1, 0.15) is 73.9 Å². The number of carbonyl (C=O) groups is 2. The number of hydrogen-bond donors (Lipinski definition) is 1. The van der Waals surface area contributed by atoms with Crippen molar-refractivity contribution < 1.29 is 31.9 Å². The SMILES string of the molecule is CCCOC(=O)CC(C)(CCCN1CCC(NC(=O)c2ccccc2-c2ccc(C(F)(F)F)cc2)CC1)c1ccc(F)cc1. The number of esters is 1. The van der Waals surface area contributed by atoms with Gasteiger partial charge in [0.15, 0.2) is 0 Å². The molecule has 1 atom stereocenters. The van der Waals surface area contributed by atoms with Gasteiger partial charge in [-0.1, -0.05) is 56.3 Å². The molecule has 0 aliphatic carbocycles. The lowest BCUT2D eigenvalue weighted by molar-refractivity contribution is -0.145. The van der Waals surface area contributed by atoms with Crippen molar-refractivity contribution in [2.75, 3.05) is 26.2 Å². The van der Waals surface area contributed by atoms with Gasteiger partial charge in [-0.05, 0) is 85.7 Å². The molecule has 1 heterocycles. The molecule has 1 saturated heterocycles. The third-order valence-corrected chi connectivity index (χ3v) is 8.36. The van der Waals surface area contributed by atoms with Crippen LogP contribution in [0.3, 0.4) is 0 Å². The number of rotatable bonds is 12. The fourth-order valence-electron chi connectivity index (χ4n) is 5.80. The summed E-state index contributed by atoms with van der Waals surface area (Å²) in [5, 5.41) is 3.12. The van der Waals surface area contributed by atoms with E-state index >= 15 is 0 Å². The number of hydrogen-bond acceptors (Lipinski definition) is 4. The predicted molar refractivity (Wildman–Crippen MR) is 163 cm³/mol. The predicted octanol–water partition coefficient (Wildman–Crippen LogP) is 7.79. The van der Waals surface area contributed by atoms with Crippen LogP contribution in [0, 0.1) is 5.82 Å². The Balaban J connectivity index is 1.30. The van der Waals surface area contributed by atoms with Crippen molar-refractivity contribution in [3.05, 3.63) is 95.3 Å². The zero-order valence-electron chi connectivity index (χ0n) is 25.3. The molecular formula is C35H40F4N2O3.